The quantitative estimate of drug-likeness (QED) is 0.860. The standard InChI is InChI=1S/C17H16N2O3/c1-10-12(9-20)4-7-16(19-10)22-13-5-6-14(17(18)21)15(8-13)11-2-3-11/h4-9,11H,2-3H2,1H3,(H2,18,21). The van der Waals surface area contributed by atoms with Gasteiger partial charge < -0.3 is 10.5 Å². The lowest BCUT2D eigenvalue weighted by molar-refractivity contribution is 0.0999. The van der Waals surface area contributed by atoms with Gasteiger partial charge in [0, 0.05) is 17.2 Å². The molecule has 1 heterocycles. The number of ether oxygens (including phenoxy) is 1. The van der Waals surface area contributed by atoms with Gasteiger partial charge in [-0.3, -0.25) is 9.59 Å². The summed E-state index contributed by atoms with van der Waals surface area (Å²) in [5.74, 6) is 0.991. The monoisotopic (exact) mass is 296 g/mol. The molecular formula is C17H16N2O3. The van der Waals surface area contributed by atoms with E-state index in [9.17, 15) is 9.59 Å². The fraction of sp³-hybridized carbons (Fsp3) is 0.235. The van der Waals surface area contributed by atoms with Gasteiger partial charge in [0.1, 0.15) is 5.75 Å². The van der Waals surface area contributed by atoms with Crippen LogP contribution >= 0.6 is 0 Å². The van der Waals surface area contributed by atoms with Gasteiger partial charge in [-0.1, -0.05) is 0 Å². The molecule has 2 aromatic rings. The minimum atomic E-state index is -0.419. The third kappa shape index (κ3) is 2.83. The van der Waals surface area contributed by atoms with Gasteiger partial charge in [-0.25, -0.2) is 4.98 Å². The van der Waals surface area contributed by atoms with Gasteiger partial charge in [0.05, 0.1) is 5.69 Å². The Kier molecular flexibility index (Phi) is 3.63. The second-order valence-corrected chi connectivity index (χ2v) is 5.43. The minimum Gasteiger partial charge on any atom is -0.439 e. The maximum absolute atomic E-state index is 11.5. The van der Waals surface area contributed by atoms with Crippen LogP contribution in [0.5, 0.6) is 11.6 Å². The number of rotatable bonds is 5. The summed E-state index contributed by atoms with van der Waals surface area (Å²) in [5, 5.41) is 0. The van der Waals surface area contributed by atoms with E-state index in [1.807, 2.05) is 6.07 Å². The number of amides is 1. The molecule has 2 N–H and O–H groups in total. The lowest BCUT2D eigenvalue weighted by Gasteiger charge is -2.10. The van der Waals surface area contributed by atoms with Gasteiger partial charge in [-0.05, 0) is 55.5 Å². The van der Waals surface area contributed by atoms with Crippen molar-refractivity contribution < 1.29 is 14.3 Å². The summed E-state index contributed by atoms with van der Waals surface area (Å²) in [7, 11) is 0. The molecule has 0 radical (unpaired) electrons. The fourth-order valence-corrected chi connectivity index (χ4v) is 2.41. The average Bonchev–Trinajstić information content (AvgIpc) is 3.32. The van der Waals surface area contributed by atoms with Gasteiger partial charge in [0.15, 0.2) is 6.29 Å². The summed E-state index contributed by atoms with van der Waals surface area (Å²) in [6, 6.07) is 8.57. The average molecular weight is 296 g/mol. The number of aldehydes is 1. The Morgan fingerprint density at radius 1 is 1.32 bits per heavy atom. The van der Waals surface area contributed by atoms with E-state index in [4.69, 9.17) is 10.5 Å². The molecule has 1 amide bonds. The van der Waals surface area contributed by atoms with Crippen LogP contribution in [0.2, 0.25) is 0 Å². The van der Waals surface area contributed by atoms with Crippen molar-refractivity contribution in [3.63, 3.8) is 0 Å². The first kappa shape index (κ1) is 14.3. The first-order valence-electron chi connectivity index (χ1n) is 7.13. The normalized spacial score (nSPS) is 13.7. The van der Waals surface area contributed by atoms with E-state index in [-0.39, 0.29) is 0 Å². The fourth-order valence-electron chi connectivity index (χ4n) is 2.41. The molecule has 0 atom stereocenters. The van der Waals surface area contributed by atoms with Crippen molar-refractivity contribution in [2.75, 3.05) is 0 Å². The highest BCUT2D eigenvalue weighted by atomic mass is 16.5. The molecule has 3 rings (SSSR count). The van der Waals surface area contributed by atoms with E-state index >= 15 is 0 Å². The van der Waals surface area contributed by atoms with Crippen molar-refractivity contribution in [3.05, 3.63) is 52.7 Å². The van der Waals surface area contributed by atoms with Gasteiger partial charge in [-0.15, -0.1) is 0 Å². The number of hydrogen-bond donors (Lipinski definition) is 1. The largest absolute Gasteiger partial charge is 0.439 e. The van der Waals surface area contributed by atoms with Crippen molar-refractivity contribution in [1.82, 2.24) is 4.98 Å². The molecule has 1 aromatic heterocycles. The van der Waals surface area contributed by atoms with Crippen LogP contribution in [0.25, 0.3) is 0 Å². The molecule has 112 valence electrons. The zero-order chi connectivity index (χ0) is 15.7. The maximum atomic E-state index is 11.5. The van der Waals surface area contributed by atoms with E-state index in [1.54, 1.807) is 31.2 Å². The van der Waals surface area contributed by atoms with Crippen LogP contribution in [0.15, 0.2) is 30.3 Å². The Labute approximate surface area is 128 Å². The van der Waals surface area contributed by atoms with E-state index < -0.39 is 5.91 Å². The molecule has 0 bridgehead atoms. The van der Waals surface area contributed by atoms with Crippen LogP contribution in [0.4, 0.5) is 0 Å². The summed E-state index contributed by atoms with van der Waals surface area (Å²) >= 11 is 0. The molecular weight excluding hydrogens is 280 g/mol. The number of carbonyl (C=O) groups is 2. The molecule has 5 nitrogen and oxygen atoms in total. The topological polar surface area (TPSA) is 82.3 Å². The number of pyridine rings is 1. The summed E-state index contributed by atoms with van der Waals surface area (Å²) in [4.78, 5) is 26.5. The predicted octanol–water partition coefficient (Wildman–Crippen LogP) is 2.97. The van der Waals surface area contributed by atoms with E-state index in [0.717, 1.165) is 24.7 Å². The minimum absolute atomic E-state index is 0.387. The molecule has 0 aliphatic heterocycles. The zero-order valence-corrected chi connectivity index (χ0v) is 12.2. The highest BCUT2D eigenvalue weighted by molar-refractivity contribution is 5.94. The molecule has 1 aromatic carbocycles. The SMILES string of the molecule is Cc1nc(Oc2ccc(C(N)=O)c(C3CC3)c2)ccc1C=O. The molecule has 1 saturated carbocycles. The molecule has 1 aliphatic carbocycles. The van der Waals surface area contributed by atoms with Crippen molar-refractivity contribution in [2.24, 2.45) is 5.73 Å². The molecule has 0 saturated heterocycles. The Morgan fingerprint density at radius 2 is 2.09 bits per heavy atom. The smallest absolute Gasteiger partial charge is 0.248 e. The van der Waals surface area contributed by atoms with Gasteiger partial charge >= 0.3 is 0 Å². The molecule has 22 heavy (non-hydrogen) atoms. The number of nitrogens with zero attached hydrogens (tertiary/aromatic N) is 1. The molecule has 0 spiro atoms. The van der Waals surface area contributed by atoms with Crippen LogP contribution in [-0.4, -0.2) is 17.2 Å². The number of aryl methyl sites for hydroxylation is 1. The van der Waals surface area contributed by atoms with E-state index in [0.29, 0.717) is 34.4 Å². The summed E-state index contributed by atoms with van der Waals surface area (Å²) < 4.78 is 5.73. The van der Waals surface area contributed by atoms with Crippen LogP contribution in [-0.2, 0) is 0 Å². The number of nitrogens with two attached hydrogens (primary N) is 1. The summed E-state index contributed by atoms with van der Waals surface area (Å²) in [6.07, 6.45) is 2.89. The van der Waals surface area contributed by atoms with Crippen molar-refractivity contribution in [1.29, 1.82) is 0 Å². The van der Waals surface area contributed by atoms with Crippen LogP contribution < -0.4 is 10.5 Å². The highest BCUT2D eigenvalue weighted by Crippen LogP contribution is 2.43. The van der Waals surface area contributed by atoms with Gasteiger partial charge in [-0.2, -0.15) is 0 Å². The highest BCUT2D eigenvalue weighted by Gasteiger charge is 2.28. The number of carbonyl (C=O) groups excluding carboxylic acids is 2. The number of benzene rings is 1. The Morgan fingerprint density at radius 3 is 2.68 bits per heavy atom. The van der Waals surface area contributed by atoms with Crippen LogP contribution in [0.1, 0.15) is 50.7 Å². The molecule has 0 unspecified atom stereocenters. The van der Waals surface area contributed by atoms with Crippen molar-refractivity contribution in [3.8, 4) is 11.6 Å². The number of aromatic nitrogens is 1. The van der Waals surface area contributed by atoms with Gasteiger partial charge in [0.2, 0.25) is 11.8 Å². The number of hydrogen-bond acceptors (Lipinski definition) is 4. The Bertz CT molecular complexity index is 752. The van der Waals surface area contributed by atoms with Crippen LogP contribution in [0.3, 0.4) is 0 Å². The van der Waals surface area contributed by atoms with Crippen LogP contribution in [0, 0.1) is 6.92 Å². The van der Waals surface area contributed by atoms with Gasteiger partial charge in [0.25, 0.3) is 0 Å². The second kappa shape index (κ2) is 5.60. The molecule has 5 heteroatoms. The Balaban J connectivity index is 1.89. The molecule has 1 aliphatic rings. The lowest BCUT2D eigenvalue weighted by Crippen LogP contribution is -2.13. The zero-order valence-electron chi connectivity index (χ0n) is 12.2. The Hall–Kier alpha value is -2.69. The summed E-state index contributed by atoms with van der Waals surface area (Å²) in [6.45, 7) is 1.75. The van der Waals surface area contributed by atoms with Crippen molar-refractivity contribution in [2.45, 2.75) is 25.7 Å². The first-order valence-corrected chi connectivity index (χ1v) is 7.13. The summed E-state index contributed by atoms with van der Waals surface area (Å²) in [5.41, 5.74) is 8.05. The lowest BCUT2D eigenvalue weighted by atomic mass is 10.0. The third-order valence-electron chi connectivity index (χ3n) is 3.76. The number of primary amides is 1. The second-order valence-electron chi connectivity index (χ2n) is 5.43. The van der Waals surface area contributed by atoms with E-state index in [2.05, 4.69) is 4.98 Å². The van der Waals surface area contributed by atoms with Crippen molar-refractivity contribution >= 4 is 12.2 Å². The van der Waals surface area contributed by atoms with E-state index in [1.165, 1.54) is 0 Å². The molecule has 1 fully saturated rings. The third-order valence-corrected chi connectivity index (χ3v) is 3.76. The predicted molar refractivity (Wildman–Crippen MR) is 81.4 cm³/mol. The maximum Gasteiger partial charge on any atom is 0.248 e. The first-order chi connectivity index (χ1) is 10.6.